The zero-order chi connectivity index (χ0) is 27.8. The van der Waals surface area contributed by atoms with Gasteiger partial charge in [-0.1, -0.05) is 72.8 Å². The second kappa shape index (κ2) is 11.0. The van der Waals surface area contributed by atoms with Crippen LogP contribution < -0.4 is 9.47 Å². The predicted molar refractivity (Wildman–Crippen MR) is 155 cm³/mol. The monoisotopic (exact) mass is 550 g/mol. The zero-order valence-corrected chi connectivity index (χ0v) is 22.8. The molecule has 1 aliphatic carbocycles. The van der Waals surface area contributed by atoms with E-state index in [-0.39, 0.29) is 25.4 Å². The van der Waals surface area contributed by atoms with E-state index < -0.39 is 17.6 Å². The van der Waals surface area contributed by atoms with E-state index in [9.17, 15) is 10.2 Å². The largest absolute Gasteiger partial charge is 0.491 e. The third-order valence-electron chi connectivity index (χ3n) is 8.29. The molecule has 0 aromatic heterocycles. The van der Waals surface area contributed by atoms with Crippen molar-refractivity contribution in [1.82, 2.24) is 0 Å². The van der Waals surface area contributed by atoms with Gasteiger partial charge in [-0.15, -0.1) is 0 Å². The number of fused-ring (bicyclic) bond motifs is 3. The molecule has 0 saturated carbocycles. The van der Waals surface area contributed by atoms with E-state index in [0.29, 0.717) is 12.8 Å². The zero-order valence-electron chi connectivity index (χ0n) is 22.8. The van der Waals surface area contributed by atoms with Gasteiger partial charge in [0.1, 0.15) is 24.7 Å². The topological polar surface area (TPSA) is 84.0 Å². The van der Waals surface area contributed by atoms with Gasteiger partial charge in [-0.2, -0.15) is 0 Å². The Morgan fingerprint density at radius 2 is 1.00 bits per heavy atom. The summed E-state index contributed by atoms with van der Waals surface area (Å²) < 4.78 is 22.3. The van der Waals surface area contributed by atoms with Gasteiger partial charge in [-0.05, 0) is 57.6 Å². The first kappa shape index (κ1) is 26.2. The van der Waals surface area contributed by atoms with Crippen molar-refractivity contribution in [3.05, 3.63) is 119 Å². The van der Waals surface area contributed by atoms with Gasteiger partial charge in [0, 0.05) is 12.8 Å². The summed E-state index contributed by atoms with van der Waals surface area (Å²) in [4.78, 5) is 0. The molecule has 7 rings (SSSR count). The Bertz CT molecular complexity index is 1380. The number of epoxide rings is 2. The maximum Gasteiger partial charge on any atom is 0.119 e. The summed E-state index contributed by atoms with van der Waals surface area (Å²) >= 11 is 0. The van der Waals surface area contributed by atoms with Crippen molar-refractivity contribution in [3.63, 3.8) is 0 Å². The summed E-state index contributed by atoms with van der Waals surface area (Å²) in [5.74, 6) is 1.44. The van der Waals surface area contributed by atoms with Crippen LogP contribution in [0.5, 0.6) is 11.5 Å². The number of benzene rings is 4. The molecule has 41 heavy (non-hydrogen) atoms. The van der Waals surface area contributed by atoms with Crippen LogP contribution in [0.1, 0.15) is 35.1 Å². The molecule has 0 spiro atoms. The van der Waals surface area contributed by atoms with Crippen molar-refractivity contribution in [2.45, 2.75) is 42.7 Å². The first-order valence-corrected chi connectivity index (χ1v) is 14.4. The van der Waals surface area contributed by atoms with Gasteiger partial charge in [-0.3, -0.25) is 0 Å². The second-order valence-corrected chi connectivity index (χ2v) is 11.2. The van der Waals surface area contributed by atoms with Crippen LogP contribution in [0.15, 0.2) is 97.1 Å². The van der Waals surface area contributed by atoms with Crippen molar-refractivity contribution in [2.24, 2.45) is 0 Å². The normalized spacial score (nSPS) is 20.9. The molecule has 4 unspecified atom stereocenters. The third-order valence-corrected chi connectivity index (χ3v) is 8.29. The quantitative estimate of drug-likeness (QED) is 0.210. The molecule has 0 amide bonds. The predicted octanol–water partition coefficient (Wildman–Crippen LogP) is 5.11. The first-order chi connectivity index (χ1) is 20.1. The highest BCUT2D eigenvalue weighted by Crippen LogP contribution is 2.56. The van der Waals surface area contributed by atoms with Crippen LogP contribution >= 0.6 is 0 Å². The van der Waals surface area contributed by atoms with Crippen LogP contribution in [0.2, 0.25) is 0 Å². The van der Waals surface area contributed by atoms with Crippen LogP contribution in [0.4, 0.5) is 0 Å². The van der Waals surface area contributed by atoms with E-state index in [0.717, 1.165) is 35.8 Å². The molecule has 0 radical (unpaired) electrons. The molecule has 2 fully saturated rings. The molecule has 3 aliphatic rings. The minimum atomic E-state index is -0.550. The lowest BCUT2D eigenvalue weighted by molar-refractivity contribution is 0.0923. The Morgan fingerprint density at radius 1 is 0.610 bits per heavy atom. The van der Waals surface area contributed by atoms with Crippen molar-refractivity contribution in [1.29, 1.82) is 0 Å². The van der Waals surface area contributed by atoms with Gasteiger partial charge in [0.15, 0.2) is 0 Å². The van der Waals surface area contributed by atoms with Crippen LogP contribution in [0, 0.1) is 0 Å². The van der Waals surface area contributed by atoms with Crippen LogP contribution in [0.3, 0.4) is 0 Å². The van der Waals surface area contributed by atoms with Gasteiger partial charge in [-0.25, -0.2) is 0 Å². The molecular formula is C35H34O6. The Kier molecular flexibility index (Phi) is 7.01. The molecule has 0 bridgehead atoms. The fraction of sp³-hybridized carbons (Fsp3) is 0.314. The van der Waals surface area contributed by atoms with Gasteiger partial charge in [0.05, 0.1) is 43.0 Å². The number of ether oxygens (including phenoxy) is 4. The molecule has 2 saturated heterocycles. The fourth-order valence-electron chi connectivity index (χ4n) is 6.16. The Hall–Kier alpha value is -3.68. The summed E-state index contributed by atoms with van der Waals surface area (Å²) in [6.07, 6.45) is 0.428. The van der Waals surface area contributed by atoms with Crippen molar-refractivity contribution < 1.29 is 29.2 Å². The first-order valence-electron chi connectivity index (χ1n) is 14.4. The molecule has 4 aromatic carbocycles. The Balaban J connectivity index is 1.22. The van der Waals surface area contributed by atoms with Crippen LogP contribution in [-0.4, -0.2) is 61.1 Å². The van der Waals surface area contributed by atoms with Crippen molar-refractivity contribution in [2.75, 3.05) is 26.4 Å². The van der Waals surface area contributed by atoms with E-state index in [1.54, 1.807) is 0 Å². The van der Waals surface area contributed by atoms with Crippen LogP contribution in [-0.2, 0) is 14.9 Å². The molecule has 6 nitrogen and oxygen atoms in total. The SMILES string of the molecule is OC(COc1ccc(C2(c3ccc(OCC(O)CC4CO4)cc3)c3ccccc3-c3ccccc32)cc1)CC1CO1. The van der Waals surface area contributed by atoms with Gasteiger partial charge in [0.25, 0.3) is 0 Å². The van der Waals surface area contributed by atoms with Crippen molar-refractivity contribution in [3.8, 4) is 22.6 Å². The number of aliphatic hydroxyl groups excluding tert-OH is 2. The highest BCUT2D eigenvalue weighted by molar-refractivity contribution is 5.86. The standard InChI is InChI=1S/C35H34O6/c36-25(17-29-21-40-29)19-38-27-13-9-23(10-14-27)35(33-7-3-1-5-31(33)32-6-2-4-8-34(32)35)24-11-15-28(16-12-24)39-20-26(37)18-30-22-41-30/h1-16,25-26,29-30,36-37H,17-22H2. The van der Waals surface area contributed by atoms with E-state index in [1.807, 2.05) is 24.3 Å². The molecular weight excluding hydrogens is 516 g/mol. The number of hydrogen-bond acceptors (Lipinski definition) is 6. The van der Waals surface area contributed by atoms with Crippen molar-refractivity contribution >= 4 is 0 Å². The lowest BCUT2D eigenvalue weighted by Crippen LogP contribution is -2.28. The summed E-state index contributed by atoms with van der Waals surface area (Å²) in [5.41, 5.74) is 6.62. The van der Waals surface area contributed by atoms with Gasteiger partial charge in [0.2, 0.25) is 0 Å². The third kappa shape index (κ3) is 5.24. The molecule has 6 heteroatoms. The number of aliphatic hydroxyl groups is 2. The highest BCUT2D eigenvalue weighted by atomic mass is 16.6. The Morgan fingerprint density at radius 3 is 1.39 bits per heavy atom. The lowest BCUT2D eigenvalue weighted by Gasteiger charge is -2.34. The molecule has 2 aliphatic heterocycles. The van der Waals surface area contributed by atoms with Gasteiger partial charge < -0.3 is 29.2 Å². The van der Waals surface area contributed by atoms with E-state index >= 15 is 0 Å². The minimum absolute atomic E-state index is 0.164. The summed E-state index contributed by atoms with van der Waals surface area (Å²) in [5, 5.41) is 20.5. The summed E-state index contributed by atoms with van der Waals surface area (Å²) in [6, 6.07) is 33.7. The van der Waals surface area contributed by atoms with Crippen LogP contribution in [0.25, 0.3) is 11.1 Å². The molecule has 4 aromatic rings. The fourth-order valence-corrected chi connectivity index (χ4v) is 6.16. The molecule has 2 N–H and O–H groups in total. The average Bonchev–Trinajstić information content (AvgIpc) is 3.95. The smallest absolute Gasteiger partial charge is 0.119 e. The van der Waals surface area contributed by atoms with E-state index in [1.165, 1.54) is 22.3 Å². The maximum atomic E-state index is 10.3. The van der Waals surface area contributed by atoms with E-state index in [4.69, 9.17) is 18.9 Å². The molecule has 4 atom stereocenters. The average molecular weight is 551 g/mol. The Labute approximate surface area is 240 Å². The summed E-state index contributed by atoms with van der Waals surface area (Å²) in [6.45, 7) is 1.92. The van der Waals surface area contributed by atoms with Gasteiger partial charge >= 0.3 is 0 Å². The number of rotatable bonds is 12. The van der Waals surface area contributed by atoms with E-state index in [2.05, 4.69) is 72.8 Å². The number of hydrogen-bond donors (Lipinski definition) is 2. The maximum absolute atomic E-state index is 10.3. The lowest BCUT2D eigenvalue weighted by atomic mass is 9.68. The molecule has 2 heterocycles. The highest BCUT2D eigenvalue weighted by Gasteiger charge is 2.45. The second-order valence-electron chi connectivity index (χ2n) is 11.2. The summed E-state index contributed by atoms with van der Waals surface area (Å²) in [7, 11) is 0. The molecule has 210 valence electrons. The minimum Gasteiger partial charge on any atom is -0.491 e.